The number of anilines is 1. The molecule has 2 aromatic rings. The third-order valence-electron chi connectivity index (χ3n) is 5.94. The lowest BCUT2D eigenvalue weighted by Crippen LogP contribution is -2.51. The van der Waals surface area contributed by atoms with E-state index in [1.54, 1.807) is 49.4 Å². The summed E-state index contributed by atoms with van der Waals surface area (Å²) in [6.07, 6.45) is 0. The number of carbonyl (C=O) groups is 2. The van der Waals surface area contributed by atoms with Crippen molar-refractivity contribution < 1.29 is 27.5 Å². The van der Waals surface area contributed by atoms with Crippen LogP contribution in [0.2, 0.25) is 5.02 Å². The van der Waals surface area contributed by atoms with Crippen LogP contribution in [0.5, 0.6) is 11.5 Å². The Morgan fingerprint density at radius 2 is 1.73 bits per heavy atom. The van der Waals surface area contributed by atoms with Crippen LogP contribution >= 0.6 is 11.6 Å². The Kier molecular flexibility index (Phi) is 9.67. The highest BCUT2D eigenvalue weighted by Gasteiger charge is 2.32. The predicted octanol–water partition coefficient (Wildman–Crippen LogP) is 3.46. The molecule has 1 aliphatic rings. The van der Waals surface area contributed by atoms with E-state index in [1.807, 2.05) is 13.8 Å². The van der Waals surface area contributed by atoms with Crippen LogP contribution in [-0.4, -0.2) is 63.2 Å². The fourth-order valence-electron chi connectivity index (χ4n) is 3.75. The fourth-order valence-corrected chi connectivity index (χ4v) is 5.00. The van der Waals surface area contributed by atoms with Crippen LogP contribution in [0.4, 0.5) is 5.69 Å². The third-order valence-corrected chi connectivity index (χ3v) is 8.05. The number of amides is 2. The molecule has 1 N–H and O–H groups in total. The molecule has 11 heteroatoms. The maximum absolute atomic E-state index is 13.7. The normalized spacial score (nSPS) is 13.7. The van der Waals surface area contributed by atoms with Crippen molar-refractivity contribution in [2.75, 3.05) is 36.4 Å². The summed E-state index contributed by atoms with van der Waals surface area (Å²) < 4.78 is 38.4. The van der Waals surface area contributed by atoms with Gasteiger partial charge in [-0.1, -0.05) is 43.6 Å². The Bertz CT molecular complexity index is 1220. The van der Waals surface area contributed by atoms with E-state index in [2.05, 4.69) is 5.32 Å². The first-order valence-corrected chi connectivity index (χ1v) is 14.2. The van der Waals surface area contributed by atoms with E-state index in [1.165, 1.54) is 11.8 Å². The number of nitrogens with zero attached hydrogens (tertiary/aromatic N) is 2. The Morgan fingerprint density at radius 3 is 2.38 bits per heavy atom. The van der Waals surface area contributed by atoms with Crippen molar-refractivity contribution in [1.82, 2.24) is 10.2 Å². The van der Waals surface area contributed by atoms with E-state index in [-0.39, 0.29) is 29.8 Å². The first-order chi connectivity index (χ1) is 17.5. The zero-order chi connectivity index (χ0) is 27.2. The number of ether oxygens (including phenoxy) is 2. The fraction of sp³-hybridized carbons (Fsp3) is 0.462. The van der Waals surface area contributed by atoms with Crippen molar-refractivity contribution in [2.24, 2.45) is 5.92 Å². The first kappa shape index (κ1) is 28.6. The van der Waals surface area contributed by atoms with Gasteiger partial charge in [-0.25, -0.2) is 8.42 Å². The molecular formula is C26H34ClN3O6S. The standard InChI is InChI=1S/C26H34ClN3O6S/c1-5-37(33,34)30(21-10-11-23-24(14-21)36-13-12-35-23)17-25(31)29(16-20-8-6-7-9-22(20)27)19(4)26(32)28-15-18(2)3/h6-11,14,18-19H,5,12-13,15-17H2,1-4H3,(H,28,32)/t19-/m1/s1. The summed E-state index contributed by atoms with van der Waals surface area (Å²) in [4.78, 5) is 28.0. The van der Waals surface area contributed by atoms with E-state index in [4.69, 9.17) is 21.1 Å². The molecule has 9 nitrogen and oxygen atoms in total. The number of sulfonamides is 1. The summed E-state index contributed by atoms with van der Waals surface area (Å²) in [5, 5.41) is 3.29. The third kappa shape index (κ3) is 7.29. The molecule has 0 bridgehead atoms. The Labute approximate surface area is 223 Å². The molecule has 1 heterocycles. The predicted molar refractivity (Wildman–Crippen MR) is 144 cm³/mol. The summed E-state index contributed by atoms with van der Waals surface area (Å²) in [6.45, 7) is 7.79. The minimum Gasteiger partial charge on any atom is -0.486 e. The summed E-state index contributed by atoms with van der Waals surface area (Å²) in [5.74, 6) is 0.0402. The summed E-state index contributed by atoms with van der Waals surface area (Å²) >= 11 is 6.35. The van der Waals surface area contributed by atoms with E-state index < -0.39 is 28.5 Å². The highest BCUT2D eigenvalue weighted by Crippen LogP contribution is 2.35. The zero-order valence-corrected chi connectivity index (χ0v) is 23.1. The van der Waals surface area contributed by atoms with Gasteiger partial charge in [0.15, 0.2) is 11.5 Å². The molecule has 1 atom stereocenters. The van der Waals surface area contributed by atoms with E-state index >= 15 is 0 Å². The molecule has 202 valence electrons. The van der Waals surface area contributed by atoms with E-state index in [0.29, 0.717) is 41.8 Å². The smallest absolute Gasteiger partial charge is 0.244 e. The van der Waals surface area contributed by atoms with Gasteiger partial charge >= 0.3 is 0 Å². The molecule has 2 amide bonds. The van der Waals surface area contributed by atoms with Gasteiger partial charge in [-0.15, -0.1) is 0 Å². The van der Waals surface area contributed by atoms with Crippen molar-refractivity contribution in [3.8, 4) is 11.5 Å². The number of hydrogen-bond donors (Lipinski definition) is 1. The zero-order valence-electron chi connectivity index (χ0n) is 21.6. The Morgan fingerprint density at radius 1 is 1.05 bits per heavy atom. The van der Waals surface area contributed by atoms with Crippen LogP contribution in [0.25, 0.3) is 0 Å². The maximum atomic E-state index is 13.7. The Balaban J connectivity index is 1.94. The van der Waals surface area contributed by atoms with Crippen LogP contribution in [0.1, 0.15) is 33.3 Å². The minimum absolute atomic E-state index is 0.0376. The molecule has 0 saturated heterocycles. The van der Waals surface area contributed by atoms with Crippen LogP contribution in [0.3, 0.4) is 0 Å². The number of hydrogen-bond acceptors (Lipinski definition) is 6. The van der Waals surface area contributed by atoms with Crippen LogP contribution in [-0.2, 0) is 26.2 Å². The van der Waals surface area contributed by atoms with Gasteiger partial charge in [0, 0.05) is 24.2 Å². The summed E-state index contributed by atoms with van der Waals surface area (Å²) in [5.41, 5.74) is 0.916. The van der Waals surface area contributed by atoms with Gasteiger partial charge < -0.3 is 19.7 Å². The number of fused-ring (bicyclic) bond motifs is 1. The average Bonchev–Trinajstić information content (AvgIpc) is 2.88. The van der Waals surface area contributed by atoms with Gasteiger partial charge in [0.2, 0.25) is 21.8 Å². The SMILES string of the molecule is CCS(=O)(=O)N(CC(=O)N(Cc1ccccc1Cl)[C@H](C)C(=O)NCC(C)C)c1ccc2c(c1)OCCO2. The molecule has 0 spiro atoms. The number of rotatable bonds is 11. The molecule has 0 radical (unpaired) electrons. The van der Waals surface area contributed by atoms with Gasteiger partial charge in [0.25, 0.3) is 0 Å². The van der Waals surface area contributed by atoms with Gasteiger partial charge in [-0.05, 0) is 43.5 Å². The van der Waals surface area contributed by atoms with Gasteiger partial charge in [-0.3, -0.25) is 13.9 Å². The van der Waals surface area contributed by atoms with Crippen LogP contribution in [0, 0.1) is 5.92 Å². The van der Waals surface area contributed by atoms with Crippen molar-refractivity contribution in [1.29, 1.82) is 0 Å². The molecule has 0 aromatic heterocycles. The molecule has 3 rings (SSSR count). The van der Waals surface area contributed by atoms with E-state index in [9.17, 15) is 18.0 Å². The van der Waals surface area contributed by atoms with Crippen molar-refractivity contribution in [2.45, 2.75) is 40.3 Å². The van der Waals surface area contributed by atoms with E-state index in [0.717, 1.165) is 4.31 Å². The first-order valence-electron chi connectivity index (χ1n) is 12.2. The largest absolute Gasteiger partial charge is 0.486 e. The monoisotopic (exact) mass is 551 g/mol. The van der Waals surface area contributed by atoms with Crippen LogP contribution < -0.4 is 19.1 Å². The second-order valence-corrected chi connectivity index (χ2v) is 11.8. The summed E-state index contributed by atoms with van der Waals surface area (Å²) in [6, 6.07) is 10.9. The van der Waals surface area contributed by atoms with Crippen molar-refractivity contribution in [3.63, 3.8) is 0 Å². The lowest BCUT2D eigenvalue weighted by atomic mass is 10.1. The Hall–Kier alpha value is -2.98. The van der Waals surface area contributed by atoms with Crippen molar-refractivity contribution >= 4 is 39.1 Å². The molecule has 37 heavy (non-hydrogen) atoms. The molecule has 2 aromatic carbocycles. The average molecular weight is 552 g/mol. The number of carbonyl (C=O) groups excluding carboxylic acids is 2. The minimum atomic E-state index is -3.85. The highest BCUT2D eigenvalue weighted by molar-refractivity contribution is 7.92. The molecular weight excluding hydrogens is 518 g/mol. The maximum Gasteiger partial charge on any atom is 0.244 e. The number of halogens is 1. The molecule has 0 aliphatic carbocycles. The number of nitrogens with one attached hydrogen (secondary N) is 1. The lowest BCUT2D eigenvalue weighted by Gasteiger charge is -2.32. The number of benzene rings is 2. The molecule has 0 unspecified atom stereocenters. The second-order valence-electron chi connectivity index (χ2n) is 9.16. The quantitative estimate of drug-likeness (QED) is 0.458. The molecule has 1 aliphatic heterocycles. The molecule has 0 fully saturated rings. The lowest BCUT2D eigenvalue weighted by molar-refractivity contribution is -0.139. The van der Waals surface area contributed by atoms with Gasteiger partial charge in [0.05, 0.1) is 11.4 Å². The molecule has 0 saturated carbocycles. The highest BCUT2D eigenvalue weighted by atomic mass is 35.5. The van der Waals surface area contributed by atoms with Gasteiger partial charge in [0.1, 0.15) is 25.8 Å². The topological polar surface area (TPSA) is 105 Å². The van der Waals surface area contributed by atoms with Gasteiger partial charge in [-0.2, -0.15) is 0 Å². The van der Waals surface area contributed by atoms with Crippen LogP contribution in [0.15, 0.2) is 42.5 Å². The van der Waals surface area contributed by atoms with Crippen molar-refractivity contribution in [3.05, 3.63) is 53.1 Å². The second kappa shape index (κ2) is 12.5. The summed E-state index contributed by atoms with van der Waals surface area (Å²) in [7, 11) is -3.85.